The number of nitrogens with one attached hydrogen (secondary N) is 1. The molecule has 1 heterocycles. The summed E-state index contributed by atoms with van der Waals surface area (Å²) in [5, 5.41) is 33.6. The van der Waals surface area contributed by atoms with Crippen molar-refractivity contribution in [3.05, 3.63) is 71.8 Å². The Morgan fingerprint density at radius 1 is 1.12 bits per heavy atom. The van der Waals surface area contributed by atoms with E-state index in [1.807, 2.05) is 30.3 Å². The standard InChI is InChI=1S/C32H41N3O8/c1-22(10-9-13-28(38)34(18-19-36)21-24-11-5-4-6-12-24)32(42)26-20-25(33-30(40)23(2)37)15-16-27(26)35(31(32)41)17-8-7-14-29(39)43-3/h4-6,9-12,15-16,20,22-23,36-37,42H,7-8,13-14,17-19,21H2,1-3H3,(H,33,40)/b10-9+/t22-,23-,32+/m0/s1. The fraction of sp³-hybridized carbons (Fsp3) is 0.438. The van der Waals surface area contributed by atoms with Gasteiger partial charge in [0.25, 0.3) is 11.8 Å². The molecule has 0 saturated heterocycles. The first-order chi connectivity index (χ1) is 20.5. The van der Waals surface area contributed by atoms with Crippen LogP contribution in [0.4, 0.5) is 11.4 Å². The number of methoxy groups -OCH3 is 1. The fourth-order valence-corrected chi connectivity index (χ4v) is 4.99. The van der Waals surface area contributed by atoms with Gasteiger partial charge in [0.15, 0.2) is 5.60 Å². The van der Waals surface area contributed by atoms with Gasteiger partial charge in [0.05, 0.1) is 19.4 Å². The van der Waals surface area contributed by atoms with E-state index < -0.39 is 29.4 Å². The molecule has 3 atom stereocenters. The Balaban J connectivity index is 1.82. The van der Waals surface area contributed by atoms with Crippen molar-refractivity contribution >= 4 is 35.1 Å². The van der Waals surface area contributed by atoms with Crippen LogP contribution in [0.5, 0.6) is 0 Å². The molecule has 0 unspecified atom stereocenters. The average molecular weight is 596 g/mol. The van der Waals surface area contributed by atoms with Crippen molar-refractivity contribution in [2.24, 2.45) is 5.92 Å². The van der Waals surface area contributed by atoms with E-state index in [0.29, 0.717) is 30.8 Å². The van der Waals surface area contributed by atoms with Gasteiger partial charge in [-0.2, -0.15) is 0 Å². The molecule has 3 rings (SSSR count). The Hall–Kier alpha value is -4.06. The molecular weight excluding hydrogens is 554 g/mol. The molecule has 232 valence electrons. The number of aliphatic hydroxyl groups excluding tert-OH is 2. The van der Waals surface area contributed by atoms with Gasteiger partial charge in [0, 0.05) is 49.6 Å². The molecule has 0 saturated carbocycles. The van der Waals surface area contributed by atoms with E-state index in [1.54, 1.807) is 36.1 Å². The highest BCUT2D eigenvalue weighted by Gasteiger charge is 2.52. The molecule has 4 N–H and O–H groups in total. The fourth-order valence-electron chi connectivity index (χ4n) is 4.99. The molecule has 43 heavy (non-hydrogen) atoms. The maximum atomic E-state index is 13.8. The lowest BCUT2D eigenvalue weighted by molar-refractivity contribution is -0.140. The van der Waals surface area contributed by atoms with Crippen LogP contribution in [-0.2, 0) is 36.1 Å². The number of hydrogen-bond acceptors (Lipinski definition) is 8. The SMILES string of the molecule is COC(=O)CCCCN1C(=O)[C@@](O)([C@@H](C)/C=C/CC(=O)N(CCO)Cc2ccccc2)c2cc(NC(=O)[C@H](C)O)ccc21. The third-order valence-electron chi connectivity index (χ3n) is 7.47. The number of fused-ring (bicyclic) bond motifs is 1. The summed E-state index contributed by atoms with van der Waals surface area (Å²) < 4.78 is 4.68. The van der Waals surface area contributed by atoms with E-state index in [1.165, 1.54) is 25.0 Å². The number of rotatable bonds is 15. The number of unbranched alkanes of at least 4 members (excludes halogenated alkanes) is 1. The summed E-state index contributed by atoms with van der Waals surface area (Å²) in [6.45, 7) is 3.56. The van der Waals surface area contributed by atoms with Gasteiger partial charge in [0.1, 0.15) is 6.10 Å². The van der Waals surface area contributed by atoms with Crippen molar-refractivity contribution in [1.29, 1.82) is 0 Å². The molecule has 0 aliphatic carbocycles. The van der Waals surface area contributed by atoms with Crippen molar-refractivity contribution in [1.82, 2.24) is 4.90 Å². The molecule has 3 amide bonds. The smallest absolute Gasteiger partial charge is 0.305 e. The Morgan fingerprint density at radius 3 is 2.49 bits per heavy atom. The van der Waals surface area contributed by atoms with E-state index in [2.05, 4.69) is 10.1 Å². The average Bonchev–Trinajstić information content (AvgIpc) is 3.21. The topological polar surface area (TPSA) is 157 Å². The highest BCUT2D eigenvalue weighted by molar-refractivity contribution is 6.08. The summed E-state index contributed by atoms with van der Waals surface area (Å²) in [6.07, 6.45) is 3.12. The lowest BCUT2D eigenvalue weighted by atomic mass is 9.82. The summed E-state index contributed by atoms with van der Waals surface area (Å²) in [4.78, 5) is 53.4. The van der Waals surface area contributed by atoms with Gasteiger partial charge in [-0.3, -0.25) is 19.2 Å². The maximum Gasteiger partial charge on any atom is 0.305 e. The van der Waals surface area contributed by atoms with Crippen molar-refractivity contribution in [3.63, 3.8) is 0 Å². The van der Waals surface area contributed by atoms with Gasteiger partial charge < -0.3 is 35.2 Å². The lowest BCUT2D eigenvalue weighted by Gasteiger charge is -2.28. The summed E-state index contributed by atoms with van der Waals surface area (Å²) >= 11 is 0. The number of benzene rings is 2. The summed E-state index contributed by atoms with van der Waals surface area (Å²) in [7, 11) is 1.31. The Labute approximate surface area is 251 Å². The second-order valence-corrected chi connectivity index (χ2v) is 10.6. The maximum absolute atomic E-state index is 13.8. The van der Waals surface area contributed by atoms with Gasteiger partial charge in [-0.1, -0.05) is 49.4 Å². The number of carbonyl (C=O) groups excluding carboxylic acids is 4. The molecule has 11 heteroatoms. The molecule has 1 aliphatic rings. The van der Waals surface area contributed by atoms with Crippen LogP contribution in [0.3, 0.4) is 0 Å². The number of esters is 1. The number of amides is 3. The molecular formula is C32H41N3O8. The van der Waals surface area contributed by atoms with Crippen LogP contribution < -0.4 is 10.2 Å². The molecule has 0 bridgehead atoms. The van der Waals surface area contributed by atoms with Gasteiger partial charge in [-0.15, -0.1) is 0 Å². The molecule has 2 aromatic rings. The number of ether oxygens (including phenoxy) is 1. The third-order valence-corrected chi connectivity index (χ3v) is 7.47. The second-order valence-electron chi connectivity index (χ2n) is 10.6. The molecule has 2 aromatic carbocycles. The molecule has 0 radical (unpaired) electrons. The minimum atomic E-state index is -2.00. The van der Waals surface area contributed by atoms with Crippen molar-refractivity contribution in [2.45, 2.75) is 57.8 Å². The molecule has 0 fully saturated rings. The van der Waals surface area contributed by atoms with E-state index in [-0.39, 0.29) is 50.0 Å². The predicted octanol–water partition coefficient (Wildman–Crippen LogP) is 2.49. The van der Waals surface area contributed by atoms with E-state index in [0.717, 1.165) is 5.56 Å². The zero-order valence-corrected chi connectivity index (χ0v) is 24.9. The van der Waals surface area contributed by atoms with E-state index >= 15 is 0 Å². The first kappa shape index (κ1) is 33.4. The first-order valence-electron chi connectivity index (χ1n) is 14.4. The van der Waals surface area contributed by atoms with Crippen molar-refractivity contribution in [2.75, 3.05) is 37.0 Å². The Kier molecular flexibility index (Phi) is 12.0. The zero-order valence-electron chi connectivity index (χ0n) is 24.9. The van der Waals surface area contributed by atoms with Crippen molar-refractivity contribution in [3.8, 4) is 0 Å². The predicted molar refractivity (Wildman–Crippen MR) is 161 cm³/mol. The molecule has 0 aromatic heterocycles. The number of carbonyl (C=O) groups is 4. The first-order valence-corrected chi connectivity index (χ1v) is 14.4. The third kappa shape index (κ3) is 8.28. The van der Waals surface area contributed by atoms with Crippen LogP contribution in [-0.4, -0.2) is 76.8 Å². The van der Waals surface area contributed by atoms with E-state index in [9.17, 15) is 34.5 Å². The minimum Gasteiger partial charge on any atom is -0.469 e. The van der Waals surface area contributed by atoms with E-state index in [4.69, 9.17) is 0 Å². The number of aliphatic hydroxyl groups is 3. The summed E-state index contributed by atoms with van der Waals surface area (Å²) in [6, 6.07) is 14.1. The van der Waals surface area contributed by atoms with Crippen LogP contribution in [0.15, 0.2) is 60.7 Å². The minimum absolute atomic E-state index is 0.00394. The highest BCUT2D eigenvalue weighted by Crippen LogP contribution is 2.46. The number of hydrogen-bond donors (Lipinski definition) is 4. The number of anilines is 2. The van der Waals surface area contributed by atoms with Crippen molar-refractivity contribution < 1.29 is 39.2 Å². The largest absolute Gasteiger partial charge is 0.469 e. The van der Waals surface area contributed by atoms with Gasteiger partial charge >= 0.3 is 5.97 Å². The van der Waals surface area contributed by atoms with Crippen LogP contribution in [0, 0.1) is 5.92 Å². The Bertz CT molecular complexity index is 1310. The zero-order chi connectivity index (χ0) is 31.6. The quantitative estimate of drug-likeness (QED) is 0.139. The highest BCUT2D eigenvalue weighted by atomic mass is 16.5. The molecule has 1 aliphatic heterocycles. The molecule has 0 spiro atoms. The summed E-state index contributed by atoms with van der Waals surface area (Å²) in [5.41, 5.74) is -0.0284. The Morgan fingerprint density at radius 2 is 1.84 bits per heavy atom. The van der Waals surface area contributed by atoms with Gasteiger partial charge in [-0.05, 0) is 43.5 Å². The van der Waals surface area contributed by atoms with Crippen LogP contribution >= 0.6 is 0 Å². The lowest BCUT2D eigenvalue weighted by Crippen LogP contribution is -2.44. The monoisotopic (exact) mass is 595 g/mol. The van der Waals surface area contributed by atoms with Gasteiger partial charge in [0.2, 0.25) is 5.91 Å². The van der Waals surface area contributed by atoms with Crippen LogP contribution in [0.2, 0.25) is 0 Å². The number of nitrogens with zero attached hydrogens (tertiary/aromatic N) is 2. The van der Waals surface area contributed by atoms with Gasteiger partial charge in [-0.25, -0.2) is 0 Å². The second kappa shape index (κ2) is 15.4. The summed E-state index contributed by atoms with van der Waals surface area (Å²) in [5.74, 6) is -2.54. The van der Waals surface area contributed by atoms with Crippen LogP contribution in [0.1, 0.15) is 50.7 Å². The van der Waals surface area contributed by atoms with Crippen LogP contribution in [0.25, 0.3) is 0 Å². The normalized spacial score (nSPS) is 17.4. The molecule has 11 nitrogen and oxygen atoms in total.